The summed E-state index contributed by atoms with van der Waals surface area (Å²) in [7, 11) is 1.19. The Morgan fingerprint density at radius 3 is 2.79 bits per heavy atom. The van der Waals surface area contributed by atoms with Crippen LogP contribution < -0.4 is 4.90 Å². The Morgan fingerprint density at radius 1 is 1.50 bits per heavy atom. The van der Waals surface area contributed by atoms with E-state index in [4.69, 9.17) is 5.53 Å². The van der Waals surface area contributed by atoms with E-state index in [1.807, 2.05) is 13.0 Å². The van der Waals surface area contributed by atoms with Gasteiger partial charge in [-0.05, 0) is 30.9 Å². The number of carbonyl (C=O) groups is 2. The van der Waals surface area contributed by atoms with Crippen molar-refractivity contribution >= 4 is 23.3 Å². The molecule has 1 aromatic carbocycles. The van der Waals surface area contributed by atoms with E-state index in [1.165, 1.54) is 12.0 Å². The second kappa shape index (κ2) is 7.81. The molecule has 0 saturated heterocycles. The molecule has 0 aliphatic heterocycles. The van der Waals surface area contributed by atoms with Crippen LogP contribution in [0.25, 0.3) is 10.4 Å². The van der Waals surface area contributed by atoms with Crippen LogP contribution in [-0.4, -0.2) is 36.7 Å². The number of carbonyl (C=O) groups excluding carboxylic acids is 2. The van der Waals surface area contributed by atoms with E-state index in [0.29, 0.717) is 11.4 Å². The van der Waals surface area contributed by atoms with E-state index in [0.717, 1.165) is 18.4 Å². The van der Waals surface area contributed by atoms with Crippen LogP contribution in [0.4, 0.5) is 11.4 Å². The molecule has 1 aromatic rings. The number of aryl methyl sites for hydroxylation is 1. The number of anilines is 1. The summed E-state index contributed by atoms with van der Waals surface area (Å²) in [5.74, 6) is -0.886. The number of hydrogen-bond donors (Lipinski definition) is 1. The highest BCUT2D eigenvalue weighted by Crippen LogP contribution is 2.38. The number of aliphatic hydroxyl groups is 1. The van der Waals surface area contributed by atoms with Crippen molar-refractivity contribution < 1.29 is 19.4 Å². The quantitative estimate of drug-likeness (QED) is 0.357. The van der Waals surface area contributed by atoms with Gasteiger partial charge in [-0.3, -0.25) is 4.79 Å². The molecule has 1 amide bonds. The zero-order valence-electron chi connectivity index (χ0n) is 13.7. The number of esters is 1. The van der Waals surface area contributed by atoms with Gasteiger partial charge < -0.3 is 14.7 Å². The lowest BCUT2D eigenvalue weighted by Gasteiger charge is -2.27. The van der Waals surface area contributed by atoms with Crippen molar-refractivity contribution in [3.8, 4) is 0 Å². The van der Waals surface area contributed by atoms with Gasteiger partial charge in [0, 0.05) is 23.8 Å². The summed E-state index contributed by atoms with van der Waals surface area (Å²) in [5, 5.41) is 13.5. The summed E-state index contributed by atoms with van der Waals surface area (Å²) in [4.78, 5) is 28.3. The summed E-state index contributed by atoms with van der Waals surface area (Å²) < 4.78 is 4.50. The van der Waals surface area contributed by atoms with Gasteiger partial charge in [0.2, 0.25) is 5.91 Å². The lowest BCUT2D eigenvalue weighted by Crippen LogP contribution is -2.37. The monoisotopic (exact) mass is 332 g/mol. The van der Waals surface area contributed by atoms with Crippen LogP contribution in [0.15, 0.2) is 23.3 Å². The minimum Gasteiger partial charge on any atom is -0.467 e. The van der Waals surface area contributed by atoms with Gasteiger partial charge in [-0.15, -0.1) is 0 Å². The Morgan fingerprint density at radius 2 is 2.21 bits per heavy atom. The molecule has 24 heavy (non-hydrogen) atoms. The van der Waals surface area contributed by atoms with Gasteiger partial charge in [0.25, 0.3) is 0 Å². The molecular formula is C16H20N4O4. The average molecular weight is 332 g/mol. The van der Waals surface area contributed by atoms with Crippen molar-refractivity contribution in [3.05, 3.63) is 34.2 Å². The zero-order valence-corrected chi connectivity index (χ0v) is 13.7. The first-order chi connectivity index (χ1) is 11.5. The van der Waals surface area contributed by atoms with Crippen LogP contribution in [0.5, 0.6) is 0 Å². The third-order valence-electron chi connectivity index (χ3n) is 3.93. The topological polar surface area (TPSA) is 116 Å². The van der Waals surface area contributed by atoms with Crippen LogP contribution in [0.1, 0.15) is 24.8 Å². The van der Waals surface area contributed by atoms with Crippen molar-refractivity contribution in [3.63, 3.8) is 0 Å². The van der Waals surface area contributed by atoms with Crippen molar-refractivity contribution in [2.75, 3.05) is 18.6 Å². The standard InChI is InChI=1S/C16H20N4O4/c1-10-4-3-5-12(18-19-17)14(10)20(15(22)11-6-7-11)9-8-13(21)16(23)24-2/h3-5,11,13,21H,6-9H2,1-2H3. The van der Waals surface area contributed by atoms with Gasteiger partial charge in [-0.1, -0.05) is 23.3 Å². The number of aliphatic hydroxyl groups excluding tert-OH is 1. The predicted octanol–water partition coefficient (Wildman–Crippen LogP) is 2.60. The Kier molecular flexibility index (Phi) is 5.78. The molecule has 1 aliphatic rings. The fraction of sp³-hybridized carbons (Fsp3) is 0.500. The average Bonchev–Trinajstić information content (AvgIpc) is 3.41. The van der Waals surface area contributed by atoms with Crippen molar-refractivity contribution in [1.82, 2.24) is 0 Å². The second-order valence-corrected chi connectivity index (χ2v) is 5.72. The zero-order chi connectivity index (χ0) is 17.7. The summed E-state index contributed by atoms with van der Waals surface area (Å²) in [6, 6.07) is 5.19. The first kappa shape index (κ1) is 17.8. The van der Waals surface area contributed by atoms with E-state index in [1.54, 1.807) is 12.1 Å². The van der Waals surface area contributed by atoms with Gasteiger partial charge in [-0.2, -0.15) is 0 Å². The Balaban J connectivity index is 2.31. The number of amides is 1. The van der Waals surface area contributed by atoms with Gasteiger partial charge in [0.15, 0.2) is 6.10 Å². The van der Waals surface area contributed by atoms with Crippen LogP contribution in [-0.2, 0) is 14.3 Å². The van der Waals surface area contributed by atoms with Crippen molar-refractivity contribution in [2.45, 2.75) is 32.3 Å². The Hall–Kier alpha value is -2.57. The summed E-state index contributed by atoms with van der Waals surface area (Å²) in [5.41, 5.74) is 10.4. The molecule has 1 aliphatic carbocycles. The fourth-order valence-electron chi connectivity index (χ4n) is 2.51. The molecule has 0 heterocycles. The number of ether oxygens (including phenoxy) is 1. The highest BCUT2D eigenvalue weighted by Gasteiger charge is 2.35. The molecule has 0 bridgehead atoms. The highest BCUT2D eigenvalue weighted by molar-refractivity contribution is 5.99. The van der Waals surface area contributed by atoms with E-state index < -0.39 is 12.1 Å². The predicted molar refractivity (Wildman–Crippen MR) is 87.7 cm³/mol. The van der Waals surface area contributed by atoms with Crippen LogP contribution in [0.3, 0.4) is 0 Å². The third kappa shape index (κ3) is 4.04. The number of nitrogens with zero attached hydrogens (tertiary/aromatic N) is 4. The molecule has 2 rings (SSSR count). The number of azide groups is 1. The number of rotatable bonds is 7. The molecule has 1 fully saturated rings. The van der Waals surface area contributed by atoms with Crippen LogP contribution in [0, 0.1) is 12.8 Å². The lowest BCUT2D eigenvalue weighted by atomic mass is 10.1. The van der Waals surface area contributed by atoms with E-state index in [-0.39, 0.29) is 24.8 Å². The summed E-state index contributed by atoms with van der Waals surface area (Å²) in [6.45, 7) is 1.94. The summed E-state index contributed by atoms with van der Waals surface area (Å²) in [6.07, 6.45) is 0.362. The third-order valence-corrected chi connectivity index (χ3v) is 3.93. The van der Waals surface area contributed by atoms with E-state index >= 15 is 0 Å². The van der Waals surface area contributed by atoms with Crippen molar-refractivity contribution in [2.24, 2.45) is 11.0 Å². The van der Waals surface area contributed by atoms with Gasteiger partial charge in [0.1, 0.15) is 0 Å². The SMILES string of the molecule is COC(=O)C(O)CCN(C(=O)C1CC1)c1c(C)cccc1N=[N+]=[N-]. The smallest absolute Gasteiger partial charge is 0.334 e. The molecular weight excluding hydrogens is 312 g/mol. The number of para-hydroxylation sites is 1. The molecule has 1 N–H and O–H groups in total. The second-order valence-electron chi connectivity index (χ2n) is 5.72. The molecule has 8 heteroatoms. The normalized spacial score (nSPS) is 14.5. The first-order valence-corrected chi connectivity index (χ1v) is 7.71. The Bertz CT molecular complexity index is 681. The fourth-order valence-corrected chi connectivity index (χ4v) is 2.51. The van der Waals surface area contributed by atoms with Crippen molar-refractivity contribution in [1.29, 1.82) is 0 Å². The number of hydrogen-bond acceptors (Lipinski definition) is 5. The number of benzene rings is 1. The largest absolute Gasteiger partial charge is 0.467 e. The molecule has 1 saturated carbocycles. The van der Waals surface area contributed by atoms with Crippen LogP contribution in [0.2, 0.25) is 0 Å². The Labute approximate surface area is 139 Å². The first-order valence-electron chi connectivity index (χ1n) is 7.71. The molecule has 1 unspecified atom stereocenters. The maximum Gasteiger partial charge on any atom is 0.334 e. The molecule has 0 radical (unpaired) electrons. The number of methoxy groups -OCH3 is 1. The minimum atomic E-state index is -1.31. The molecule has 1 atom stereocenters. The minimum absolute atomic E-state index is 0.0369. The lowest BCUT2D eigenvalue weighted by molar-refractivity contribution is -0.150. The molecule has 0 spiro atoms. The van der Waals surface area contributed by atoms with E-state index in [9.17, 15) is 14.7 Å². The van der Waals surface area contributed by atoms with Gasteiger partial charge in [-0.25, -0.2) is 4.79 Å². The van der Waals surface area contributed by atoms with Gasteiger partial charge in [0.05, 0.1) is 18.5 Å². The molecule has 128 valence electrons. The summed E-state index contributed by atoms with van der Waals surface area (Å²) >= 11 is 0. The molecule has 0 aromatic heterocycles. The van der Waals surface area contributed by atoms with Gasteiger partial charge >= 0.3 is 5.97 Å². The van der Waals surface area contributed by atoms with E-state index in [2.05, 4.69) is 14.8 Å². The maximum absolute atomic E-state index is 12.7. The maximum atomic E-state index is 12.7. The highest BCUT2D eigenvalue weighted by atomic mass is 16.5. The van der Waals surface area contributed by atoms with Crippen LogP contribution >= 0.6 is 0 Å². The molecule has 8 nitrogen and oxygen atoms in total.